The molecular weight excluding hydrogens is 397 g/mol. The van der Waals surface area contributed by atoms with Crippen LogP contribution in [0.3, 0.4) is 0 Å². The van der Waals surface area contributed by atoms with Gasteiger partial charge in [-0.3, -0.25) is 0 Å². The molecule has 4 rings (SSSR count). The molecule has 0 unspecified atom stereocenters. The first-order valence-corrected chi connectivity index (χ1v) is 9.20. The normalized spacial score (nSPS) is 11.8. The van der Waals surface area contributed by atoms with Crippen molar-refractivity contribution in [2.24, 2.45) is 0 Å². The lowest BCUT2D eigenvalue weighted by molar-refractivity contribution is 0.174. The van der Waals surface area contributed by atoms with Crippen molar-refractivity contribution in [1.29, 1.82) is 0 Å². The Morgan fingerprint density at radius 2 is 1.68 bits per heavy atom. The van der Waals surface area contributed by atoms with Crippen LogP contribution in [0.25, 0.3) is 0 Å². The molecule has 0 saturated heterocycles. The van der Waals surface area contributed by atoms with Gasteiger partial charge in [0.15, 0.2) is 11.5 Å². The zero-order valence-corrected chi connectivity index (χ0v) is 16.8. The largest absolute Gasteiger partial charge is 0.489 e. The molecule has 6 heteroatoms. The van der Waals surface area contributed by atoms with Crippen LogP contribution < -0.4 is 19.5 Å². The van der Waals surface area contributed by atoms with Crippen LogP contribution in [-0.2, 0) is 19.7 Å². The maximum Gasteiger partial charge on any atom is 0.231 e. The van der Waals surface area contributed by atoms with Gasteiger partial charge in [-0.05, 0) is 41.5 Å². The van der Waals surface area contributed by atoms with Crippen molar-refractivity contribution in [1.82, 2.24) is 5.32 Å². The highest BCUT2D eigenvalue weighted by Crippen LogP contribution is 2.32. The molecule has 1 heterocycles. The van der Waals surface area contributed by atoms with E-state index in [0.29, 0.717) is 24.7 Å². The number of ether oxygens (including phenoxy) is 3. The summed E-state index contributed by atoms with van der Waals surface area (Å²) in [5.74, 6) is 2.43. The number of hydrogen-bond donors (Lipinski definition) is 1. The highest BCUT2D eigenvalue weighted by atomic mass is 35.5. The number of hydrogen-bond acceptors (Lipinski definition) is 4. The zero-order valence-electron chi connectivity index (χ0n) is 15.2. The molecule has 0 spiro atoms. The van der Waals surface area contributed by atoms with Gasteiger partial charge >= 0.3 is 0 Å². The molecule has 0 aliphatic carbocycles. The van der Waals surface area contributed by atoms with Gasteiger partial charge in [0.1, 0.15) is 12.4 Å². The summed E-state index contributed by atoms with van der Waals surface area (Å²) >= 11 is 6.18. The second-order valence-corrected chi connectivity index (χ2v) is 6.75. The summed E-state index contributed by atoms with van der Waals surface area (Å²) in [5.41, 5.74) is 3.29. The number of rotatable bonds is 7. The van der Waals surface area contributed by atoms with E-state index in [-0.39, 0.29) is 19.2 Å². The third kappa shape index (κ3) is 5.10. The summed E-state index contributed by atoms with van der Waals surface area (Å²) in [6.07, 6.45) is 0. The Labute approximate surface area is 175 Å². The minimum atomic E-state index is 0. The second-order valence-electron chi connectivity index (χ2n) is 6.32. The predicted molar refractivity (Wildman–Crippen MR) is 113 cm³/mol. The lowest BCUT2D eigenvalue weighted by Crippen LogP contribution is -2.13. The third-order valence-electron chi connectivity index (χ3n) is 4.34. The molecule has 4 nitrogen and oxygen atoms in total. The van der Waals surface area contributed by atoms with Gasteiger partial charge in [0.2, 0.25) is 6.79 Å². The molecular formula is C22H21Cl2NO3. The molecule has 1 aliphatic rings. The van der Waals surface area contributed by atoms with Gasteiger partial charge < -0.3 is 19.5 Å². The maximum atomic E-state index is 6.18. The van der Waals surface area contributed by atoms with Crippen molar-refractivity contribution in [3.05, 3.63) is 88.4 Å². The highest BCUT2D eigenvalue weighted by Gasteiger charge is 2.13. The van der Waals surface area contributed by atoms with E-state index in [0.717, 1.165) is 33.9 Å². The fourth-order valence-corrected chi connectivity index (χ4v) is 3.15. The van der Waals surface area contributed by atoms with E-state index >= 15 is 0 Å². The molecule has 0 saturated carbocycles. The predicted octanol–water partition coefficient (Wildman–Crippen LogP) is 5.36. The van der Waals surface area contributed by atoms with Gasteiger partial charge in [-0.2, -0.15) is 0 Å². The lowest BCUT2D eigenvalue weighted by Gasteiger charge is -2.13. The molecule has 3 aromatic rings. The van der Waals surface area contributed by atoms with Crippen LogP contribution in [0.5, 0.6) is 17.2 Å². The van der Waals surface area contributed by atoms with Crippen molar-refractivity contribution < 1.29 is 14.2 Å². The van der Waals surface area contributed by atoms with Crippen LogP contribution in [0, 0.1) is 0 Å². The average Bonchev–Trinajstić information content (AvgIpc) is 3.16. The Bertz CT molecular complexity index is 919. The zero-order chi connectivity index (χ0) is 18.5. The first-order chi connectivity index (χ1) is 13.3. The van der Waals surface area contributed by atoms with Crippen molar-refractivity contribution in [2.75, 3.05) is 6.79 Å². The van der Waals surface area contributed by atoms with Crippen LogP contribution in [0.2, 0.25) is 5.02 Å². The molecule has 1 N–H and O–H groups in total. The van der Waals surface area contributed by atoms with E-state index in [2.05, 4.69) is 5.32 Å². The fourth-order valence-electron chi connectivity index (χ4n) is 2.95. The van der Waals surface area contributed by atoms with Crippen molar-refractivity contribution in [3.63, 3.8) is 0 Å². The van der Waals surface area contributed by atoms with Gasteiger partial charge in [0.25, 0.3) is 0 Å². The number of benzene rings is 3. The molecule has 28 heavy (non-hydrogen) atoms. The van der Waals surface area contributed by atoms with Crippen LogP contribution >= 0.6 is 24.0 Å². The first-order valence-electron chi connectivity index (χ1n) is 8.82. The molecule has 146 valence electrons. The Hall–Kier alpha value is -2.40. The van der Waals surface area contributed by atoms with Crippen molar-refractivity contribution in [3.8, 4) is 17.2 Å². The lowest BCUT2D eigenvalue weighted by atomic mass is 10.1. The summed E-state index contributed by atoms with van der Waals surface area (Å²) in [6.45, 7) is 2.18. The van der Waals surface area contributed by atoms with Crippen LogP contribution in [0.15, 0.2) is 66.7 Å². The molecule has 3 aromatic carbocycles. The highest BCUT2D eigenvalue weighted by molar-refractivity contribution is 6.30. The molecule has 0 atom stereocenters. The minimum absolute atomic E-state index is 0. The van der Waals surface area contributed by atoms with E-state index < -0.39 is 0 Å². The molecule has 0 radical (unpaired) electrons. The third-order valence-corrected chi connectivity index (χ3v) is 4.58. The van der Waals surface area contributed by atoms with Crippen LogP contribution in [-0.4, -0.2) is 6.79 Å². The fraction of sp³-hybridized carbons (Fsp3) is 0.182. The summed E-state index contributed by atoms with van der Waals surface area (Å²) in [6, 6.07) is 21.8. The summed E-state index contributed by atoms with van der Waals surface area (Å²) in [4.78, 5) is 0. The van der Waals surface area contributed by atoms with Gasteiger partial charge in [-0.25, -0.2) is 0 Å². The average molecular weight is 418 g/mol. The van der Waals surface area contributed by atoms with Gasteiger partial charge in [-0.1, -0.05) is 48.0 Å². The van der Waals surface area contributed by atoms with Gasteiger partial charge in [0, 0.05) is 23.7 Å². The van der Waals surface area contributed by atoms with Crippen LogP contribution in [0.4, 0.5) is 0 Å². The molecule has 0 amide bonds. The summed E-state index contributed by atoms with van der Waals surface area (Å²) < 4.78 is 16.8. The standard InChI is InChI=1S/C22H20ClNO3.ClH/c23-19-7-9-20(25-14-16-4-2-1-3-5-16)18(11-19)13-24-12-17-6-8-21-22(10-17)27-15-26-21;/h1-11,24H,12-15H2;1H. The van der Waals surface area contributed by atoms with E-state index in [9.17, 15) is 0 Å². The molecule has 0 fully saturated rings. The van der Waals surface area contributed by atoms with E-state index in [1.54, 1.807) is 0 Å². The smallest absolute Gasteiger partial charge is 0.231 e. The molecule has 1 aliphatic heterocycles. The van der Waals surface area contributed by atoms with Crippen molar-refractivity contribution >= 4 is 24.0 Å². The molecule has 0 bridgehead atoms. The Morgan fingerprint density at radius 1 is 0.857 bits per heavy atom. The first kappa shape index (κ1) is 20.3. The Morgan fingerprint density at radius 3 is 2.54 bits per heavy atom. The topological polar surface area (TPSA) is 39.7 Å². The minimum Gasteiger partial charge on any atom is -0.489 e. The van der Waals surface area contributed by atoms with Gasteiger partial charge in [0.05, 0.1) is 0 Å². The maximum absolute atomic E-state index is 6.18. The number of halogens is 2. The monoisotopic (exact) mass is 417 g/mol. The van der Waals surface area contributed by atoms with E-state index in [1.165, 1.54) is 0 Å². The SMILES string of the molecule is Cl.Clc1ccc(OCc2ccccc2)c(CNCc2ccc3c(c2)OCO3)c1. The number of nitrogens with one attached hydrogen (secondary N) is 1. The van der Waals surface area contributed by atoms with Gasteiger partial charge in [-0.15, -0.1) is 12.4 Å². The second kappa shape index (κ2) is 9.69. The van der Waals surface area contributed by atoms with E-state index in [4.69, 9.17) is 25.8 Å². The molecule has 0 aromatic heterocycles. The summed E-state index contributed by atoms with van der Waals surface area (Å²) in [5, 5.41) is 4.14. The quantitative estimate of drug-likeness (QED) is 0.561. The number of fused-ring (bicyclic) bond motifs is 1. The summed E-state index contributed by atoms with van der Waals surface area (Å²) in [7, 11) is 0. The van der Waals surface area contributed by atoms with E-state index in [1.807, 2.05) is 66.7 Å². The van der Waals surface area contributed by atoms with Crippen molar-refractivity contribution in [2.45, 2.75) is 19.7 Å². The Balaban J connectivity index is 0.00000225. The van der Waals surface area contributed by atoms with Crippen LogP contribution in [0.1, 0.15) is 16.7 Å². The Kier molecular flexibility index (Phi) is 7.04.